The van der Waals surface area contributed by atoms with Crippen molar-refractivity contribution in [2.75, 3.05) is 6.54 Å². The second-order valence-electron chi connectivity index (χ2n) is 4.40. The minimum absolute atomic E-state index is 0.369. The Kier molecular flexibility index (Phi) is 4.96. The largest absolute Gasteiger partial charge is 0.312 e. The first-order valence-electron chi connectivity index (χ1n) is 5.84. The Morgan fingerprint density at radius 3 is 2.81 bits per heavy atom. The van der Waals surface area contributed by atoms with Crippen LogP contribution in [-0.4, -0.2) is 11.9 Å². The number of alkyl halides is 1. The van der Waals surface area contributed by atoms with Crippen LogP contribution in [0.4, 0.5) is 0 Å². The molecule has 1 fully saturated rings. The number of hydrogen-bond acceptors (Lipinski definition) is 2. The van der Waals surface area contributed by atoms with Crippen LogP contribution in [0.15, 0.2) is 12.1 Å². The molecule has 0 radical (unpaired) electrons. The molecular weight excluding hydrogens is 261 g/mol. The van der Waals surface area contributed by atoms with E-state index in [0.717, 1.165) is 17.4 Å². The van der Waals surface area contributed by atoms with Gasteiger partial charge in [-0.1, -0.05) is 24.4 Å². The van der Waals surface area contributed by atoms with Gasteiger partial charge in [-0.3, -0.25) is 0 Å². The lowest BCUT2D eigenvalue weighted by atomic mass is 9.89. The molecule has 1 aliphatic carbocycles. The molecule has 0 bridgehead atoms. The van der Waals surface area contributed by atoms with Gasteiger partial charge in [0, 0.05) is 16.8 Å². The molecule has 4 heteroatoms. The van der Waals surface area contributed by atoms with E-state index in [1.165, 1.54) is 30.6 Å². The molecule has 0 aliphatic heterocycles. The van der Waals surface area contributed by atoms with Gasteiger partial charge in [-0.25, -0.2) is 0 Å². The van der Waals surface area contributed by atoms with Gasteiger partial charge in [-0.2, -0.15) is 0 Å². The standard InChI is InChI=1S/C12H17Cl2NS/c13-11-4-2-1-3-9(11)7-15-8-10-5-6-12(14)16-10/h5-6,9,11,15H,1-4,7-8H2. The first-order valence-corrected chi connectivity index (χ1v) is 7.48. The number of hydrogen-bond donors (Lipinski definition) is 1. The van der Waals surface area contributed by atoms with Crippen LogP contribution in [0.5, 0.6) is 0 Å². The fourth-order valence-electron chi connectivity index (χ4n) is 2.22. The van der Waals surface area contributed by atoms with Crippen LogP contribution in [0.25, 0.3) is 0 Å². The number of halogens is 2. The van der Waals surface area contributed by atoms with E-state index in [1.54, 1.807) is 11.3 Å². The van der Waals surface area contributed by atoms with Crippen LogP contribution in [0.2, 0.25) is 4.34 Å². The van der Waals surface area contributed by atoms with Crippen LogP contribution in [0.1, 0.15) is 30.6 Å². The Bertz CT molecular complexity index is 327. The van der Waals surface area contributed by atoms with Gasteiger partial charge in [0.25, 0.3) is 0 Å². The molecule has 2 rings (SSSR count). The van der Waals surface area contributed by atoms with Gasteiger partial charge < -0.3 is 5.32 Å². The van der Waals surface area contributed by atoms with Crippen molar-refractivity contribution in [1.29, 1.82) is 0 Å². The summed E-state index contributed by atoms with van der Waals surface area (Å²) < 4.78 is 0.865. The molecule has 2 unspecified atom stereocenters. The van der Waals surface area contributed by atoms with E-state index in [4.69, 9.17) is 23.2 Å². The highest BCUT2D eigenvalue weighted by atomic mass is 35.5. The Morgan fingerprint density at radius 2 is 2.12 bits per heavy atom. The number of rotatable bonds is 4. The predicted octanol–water partition coefficient (Wildman–Crippen LogP) is 4.29. The average molecular weight is 278 g/mol. The summed E-state index contributed by atoms with van der Waals surface area (Å²) in [6.45, 7) is 1.95. The molecule has 1 N–H and O–H groups in total. The fourth-order valence-corrected chi connectivity index (χ4v) is 3.65. The first kappa shape index (κ1) is 12.7. The van der Waals surface area contributed by atoms with Crippen molar-refractivity contribution >= 4 is 34.5 Å². The van der Waals surface area contributed by atoms with Gasteiger partial charge in [0.05, 0.1) is 4.34 Å². The van der Waals surface area contributed by atoms with E-state index in [0.29, 0.717) is 11.3 Å². The van der Waals surface area contributed by atoms with Crippen molar-refractivity contribution in [1.82, 2.24) is 5.32 Å². The van der Waals surface area contributed by atoms with Crippen molar-refractivity contribution in [2.45, 2.75) is 37.6 Å². The van der Waals surface area contributed by atoms with Crippen molar-refractivity contribution in [3.63, 3.8) is 0 Å². The number of nitrogens with one attached hydrogen (secondary N) is 1. The predicted molar refractivity (Wildman–Crippen MR) is 72.6 cm³/mol. The van der Waals surface area contributed by atoms with Gasteiger partial charge in [0.1, 0.15) is 0 Å². The highest BCUT2D eigenvalue weighted by molar-refractivity contribution is 7.16. The van der Waals surface area contributed by atoms with Gasteiger partial charge >= 0.3 is 0 Å². The zero-order valence-electron chi connectivity index (χ0n) is 9.22. The third-order valence-corrected chi connectivity index (χ3v) is 4.96. The van der Waals surface area contributed by atoms with Crippen molar-refractivity contribution in [3.05, 3.63) is 21.3 Å². The second kappa shape index (κ2) is 6.25. The summed E-state index contributed by atoms with van der Waals surface area (Å²) in [7, 11) is 0. The van der Waals surface area contributed by atoms with Crippen molar-refractivity contribution in [3.8, 4) is 0 Å². The minimum atomic E-state index is 0.369. The molecule has 2 atom stereocenters. The molecule has 1 aromatic heterocycles. The molecule has 1 nitrogen and oxygen atoms in total. The van der Waals surface area contributed by atoms with E-state index in [9.17, 15) is 0 Å². The maximum absolute atomic E-state index is 6.31. The Balaban J connectivity index is 1.71. The second-order valence-corrected chi connectivity index (χ2v) is 6.76. The summed E-state index contributed by atoms with van der Waals surface area (Å²) in [4.78, 5) is 1.30. The third-order valence-electron chi connectivity index (χ3n) is 3.15. The monoisotopic (exact) mass is 277 g/mol. The van der Waals surface area contributed by atoms with Crippen LogP contribution in [0, 0.1) is 5.92 Å². The maximum Gasteiger partial charge on any atom is 0.0931 e. The molecule has 1 aromatic rings. The topological polar surface area (TPSA) is 12.0 Å². The summed E-state index contributed by atoms with van der Waals surface area (Å²) in [6.07, 6.45) is 5.08. The van der Waals surface area contributed by atoms with E-state index >= 15 is 0 Å². The van der Waals surface area contributed by atoms with E-state index < -0.39 is 0 Å². The summed E-state index contributed by atoms with van der Waals surface area (Å²) in [5.74, 6) is 0.644. The van der Waals surface area contributed by atoms with Gasteiger partial charge in [0.2, 0.25) is 0 Å². The zero-order valence-corrected chi connectivity index (χ0v) is 11.5. The van der Waals surface area contributed by atoms with Crippen LogP contribution in [-0.2, 0) is 6.54 Å². The maximum atomic E-state index is 6.31. The molecule has 0 amide bonds. The molecule has 1 saturated carbocycles. The summed E-state index contributed by atoms with van der Waals surface area (Å²) in [5, 5.41) is 3.85. The van der Waals surface area contributed by atoms with Gasteiger partial charge in [-0.15, -0.1) is 22.9 Å². The lowest BCUT2D eigenvalue weighted by Gasteiger charge is -2.27. The zero-order chi connectivity index (χ0) is 11.4. The molecule has 0 saturated heterocycles. The quantitative estimate of drug-likeness (QED) is 0.810. The van der Waals surface area contributed by atoms with E-state index in [-0.39, 0.29) is 0 Å². The summed E-state index contributed by atoms with van der Waals surface area (Å²) >= 11 is 13.8. The highest BCUT2D eigenvalue weighted by Gasteiger charge is 2.22. The fraction of sp³-hybridized carbons (Fsp3) is 0.667. The van der Waals surface area contributed by atoms with Gasteiger partial charge in [-0.05, 0) is 37.4 Å². The molecule has 16 heavy (non-hydrogen) atoms. The Hall–Kier alpha value is 0.240. The molecule has 1 aliphatic rings. The molecule has 90 valence electrons. The van der Waals surface area contributed by atoms with Crippen LogP contribution >= 0.6 is 34.5 Å². The smallest absolute Gasteiger partial charge is 0.0931 e. The van der Waals surface area contributed by atoms with Crippen LogP contribution in [0.3, 0.4) is 0 Å². The normalized spacial score (nSPS) is 25.9. The third kappa shape index (κ3) is 3.63. The minimum Gasteiger partial charge on any atom is -0.312 e. The molecular formula is C12H17Cl2NS. The lowest BCUT2D eigenvalue weighted by molar-refractivity contribution is 0.349. The Morgan fingerprint density at radius 1 is 1.31 bits per heavy atom. The Labute approximate surface area is 111 Å². The molecule has 0 spiro atoms. The average Bonchev–Trinajstić information content (AvgIpc) is 2.67. The summed E-state index contributed by atoms with van der Waals surface area (Å²) in [6, 6.07) is 4.03. The van der Waals surface area contributed by atoms with E-state index in [1.807, 2.05) is 6.07 Å². The van der Waals surface area contributed by atoms with E-state index in [2.05, 4.69) is 11.4 Å². The highest BCUT2D eigenvalue weighted by Crippen LogP contribution is 2.28. The lowest BCUT2D eigenvalue weighted by Crippen LogP contribution is -2.30. The van der Waals surface area contributed by atoms with Gasteiger partial charge in [0.15, 0.2) is 0 Å². The van der Waals surface area contributed by atoms with Crippen molar-refractivity contribution in [2.24, 2.45) is 5.92 Å². The molecule has 1 heterocycles. The first-order chi connectivity index (χ1) is 7.75. The van der Waals surface area contributed by atoms with Crippen molar-refractivity contribution < 1.29 is 0 Å². The van der Waals surface area contributed by atoms with Crippen LogP contribution < -0.4 is 5.32 Å². The number of thiophene rings is 1. The SMILES string of the molecule is Clc1ccc(CNCC2CCCCC2Cl)s1. The summed E-state index contributed by atoms with van der Waals surface area (Å²) in [5.41, 5.74) is 0. The molecule has 0 aromatic carbocycles.